The molecule has 106 valence electrons. The molecule has 0 bridgehead atoms. The van der Waals surface area contributed by atoms with Gasteiger partial charge in [0.2, 0.25) is 5.82 Å². The van der Waals surface area contributed by atoms with Gasteiger partial charge in [-0.3, -0.25) is 4.79 Å². The lowest BCUT2D eigenvalue weighted by molar-refractivity contribution is 0.0934. The highest BCUT2D eigenvalue weighted by atomic mass is 19.2. The van der Waals surface area contributed by atoms with Crippen LogP contribution < -0.4 is 11.1 Å². The molecular weight excluding hydrogens is 271 g/mol. The quantitative estimate of drug-likeness (QED) is 0.505. The molecule has 3 N–H and O–H groups in total. The summed E-state index contributed by atoms with van der Waals surface area (Å²) in [7, 11) is 0. The molecule has 0 saturated carbocycles. The van der Waals surface area contributed by atoms with E-state index in [2.05, 4.69) is 0 Å². The zero-order chi connectivity index (χ0) is 15.0. The van der Waals surface area contributed by atoms with Gasteiger partial charge in [-0.25, -0.2) is 22.0 Å². The molecule has 1 amide bonds. The largest absolute Gasteiger partial charge is 0.350 e. The van der Waals surface area contributed by atoms with Gasteiger partial charge in [-0.2, -0.15) is 0 Å². The van der Waals surface area contributed by atoms with Gasteiger partial charge in [0.25, 0.3) is 5.91 Å². The number of halogens is 5. The Labute approximate surface area is 105 Å². The molecule has 0 aliphatic rings. The number of benzene rings is 1. The number of hydrogen-bond donors (Lipinski definition) is 2. The fourth-order valence-electron chi connectivity index (χ4n) is 1.20. The van der Waals surface area contributed by atoms with Crippen molar-refractivity contribution in [3.05, 3.63) is 34.6 Å². The maximum absolute atomic E-state index is 13.3. The molecule has 0 spiro atoms. The van der Waals surface area contributed by atoms with Gasteiger partial charge in [0.05, 0.1) is 0 Å². The van der Waals surface area contributed by atoms with Crippen LogP contribution in [0.2, 0.25) is 0 Å². The summed E-state index contributed by atoms with van der Waals surface area (Å²) in [6, 6.07) is 0. The molecule has 8 heteroatoms. The summed E-state index contributed by atoms with van der Waals surface area (Å²) in [6.45, 7) is 2.81. The van der Waals surface area contributed by atoms with Crippen molar-refractivity contribution in [1.29, 1.82) is 0 Å². The third-order valence-electron chi connectivity index (χ3n) is 2.14. The van der Waals surface area contributed by atoms with E-state index < -0.39 is 46.1 Å². The van der Waals surface area contributed by atoms with Crippen LogP contribution in [0.25, 0.3) is 0 Å². The predicted octanol–water partition coefficient (Wildman–Crippen LogP) is 1.85. The van der Waals surface area contributed by atoms with Crippen molar-refractivity contribution in [2.75, 3.05) is 6.54 Å². The van der Waals surface area contributed by atoms with E-state index in [9.17, 15) is 26.7 Å². The van der Waals surface area contributed by atoms with Gasteiger partial charge < -0.3 is 11.1 Å². The average molecular weight is 282 g/mol. The van der Waals surface area contributed by atoms with Crippen LogP contribution in [-0.4, -0.2) is 18.0 Å². The fourth-order valence-corrected chi connectivity index (χ4v) is 1.20. The van der Waals surface area contributed by atoms with Crippen LogP contribution >= 0.6 is 0 Å². The molecule has 0 aliphatic heterocycles. The summed E-state index contributed by atoms with van der Waals surface area (Å²) >= 11 is 0. The van der Waals surface area contributed by atoms with Crippen LogP contribution in [0, 0.1) is 29.1 Å². The first-order chi connectivity index (χ1) is 8.56. The normalized spacial score (nSPS) is 11.6. The number of carbonyl (C=O) groups excluding carboxylic acids is 1. The topological polar surface area (TPSA) is 55.1 Å². The zero-order valence-electron chi connectivity index (χ0n) is 10.1. The summed E-state index contributed by atoms with van der Waals surface area (Å²) in [5, 5.41) is 1.99. The molecule has 0 atom stereocenters. The van der Waals surface area contributed by atoms with Crippen molar-refractivity contribution in [3.8, 4) is 0 Å². The van der Waals surface area contributed by atoms with Gasteiger partial charge in [-0.05, 0) is 13.8 Å². The van der Waals surface area contributed by atoms with E-state index in [1.54, 1.807) is 0 Å². The van der Waals surface area contributed by atoms with E-state index in [1.165, 1.54) is 13.8 Å². The Kier molecular flexibility index (Phi) is 4.14. The van der Waals surface area contributed by atoms with E-state index in [0.717, 1.165) is 0 Å². The van der Waals surface area contributed by atoms with Crippen LogP contribution in [0.5, 0.6) is 0 Å². The number of rotatable bonds is 3. The molecule has 19 heavy (non-hydrogen) atoms. The number of nitrogens with one attached hydrogen (secondary N) is 1. The highest BCUT2D eigenvalue weighted by Gasteiger charge is 2.30. The molecule has 0 aromatic heterocycles. The first-order valence-corrected chi connectivity index (χ1v) is 5.14. The molecule has 0 radical (unpaired) electrons. The van der Waals surface area contributed by atoms with Gasteiger partial charge in [-0.1, -0.05) is 0 Å². The Morgan fingerprint density at radius 3 is 1.74 bits per heavy atom. The Bertz CT molecular complexity index is 496. The minimum atomic E-state index is -2.31. The Balaban J connectivity index is 3.18. The van der Waals surface area contributed by atoms with Gasteiger partial charge in [0.1, 0.15) is 5.56 Å². The first-order valence-electron chi connectivity index (χ1n) is 5.14. The molecule has 0 fully saturated rings. The van der Waals surface area contributed by atoms with Crippen LogP contribution in [-0.2, 0) is 0 Å². The second-order valence-corrected chi connectivity index (χ2v) is 4.62. The van der Waals surface area contributed by atoms with Crippen molar-refractivity contribution in [1.82, 2.24) is 5.32 Å². The average Bonchev–Trinajstić information content (AvgIpc) is 2.31. The van der Waals surface area contributed by atoms with Gasteiger partial charge in [0.15, 0.2) is 23.3 Å². The number of amides is 1. The van der Waals surface area contributed by atoms with Crippen LogP contribution in [0.1, 0.15) is 24.2 Å². The molecule has 0 saturated heterocycles. The molecule has 0 aliphatic carbocycles. The standard InChI is InChI=1S/C11H11F5N2O/c1-11(2,17)3-18-10(19)4-5(12)7(14)9(16)8(15)6(4)13/h3,17H2,1-2H3,(H,18,19). The monoisotopic (exact) mass is 282 g/mol. The Morgan fingerprint density at radius 2 is 1.37 bits per heavy atom. The van der Waals surface area contributed by atoms with E-state index >= 15 is 0 Å². The third-order valence-corrected chi connectivity index (χ3v) is 2.14. The van der Waals surface area contributed by atoms with Gasteiger partial charge in [0, 0.05) is 12.1 Å². The Morgan fingerprint density at radius 1 is 1.00 bits per heavy atom. The lowest BCUT2D eigenvalue weighted by Gasteiger charge is -2.19. The lowest BCUT2D eigenvalue weighted by atomic mass is 10.1. The smallest absolute Gasteiger partial charge is 0.257 e. The molecule has 1 rings (SSSR count). The fraction of sp³-hybridized carbons (Fsp3) is 0.364. The van der Waals surface area contributed by atoms with Crippen molar-refractivity contribution >= 4 is 5.91 Å². The molecule has 0 unspecified atom stereocenters. The van der Waals surface area contributed by atoms with E-state index in [1.807, 2.05) is 5.32 Å². The third kappa shape index (κ3) is 3.19. The summed E-state index contributed by atoms with van der Waals surface area (Å²) in [5.41, 5.74) is 3.08. The highest BCUT2D eigenvalue weighted by molar-refractivity contribution is 5.94. The van der Waals surface area contributed by atoms with E-state index in [4.69, 9.17) is 5.73 Å². The van der Waals surface area contributed by atoms with E-state index in [-0.39, 0.29) is 6.54 Å². The second kappa shape index (κ2) is 5.12. The minimum absolute atomic E-state index is 0.203. The summed E-state index contributed by atoms with van der Waals surface area (Å²) in [4.78, 5) is 11.4. The molecule has 1 aromatic rings. The summed E-state index contributed by atoms with van der Waals surface area (Å²) in [5.74, 6) is -12.4. The van der Waals surface area contributed by atoms with Crippen molar-refractivity contribution in [2.24, 2.45) is 5.73 Å². The number of carbonyl (C=O) groups is 1. The van der Waals surface area contributed by atoms with Gasteiger partial charge >= 0.3 is 0 Å². The summed E-state index contributed by atoms with van der Waals surface area (Å²) < 4.78 is 65.0. The molecular formula is C11H11F5N2O. The molecule has 1 aromatic carbocycles. The predicted molar refractivity (Wildman–Crippen MR) is 56.8 cm³/mol. The number of nitrogens with two attached hydrogens (primary N) is 1. The van der Waals surface area contributed by atoms with Crippen LogP contribution in [0.4, 0.5) is 22.0 Å². The van der Waals surface area contributed by atoms with Gasteiger partial charge in [-0.15, -0.1) is 0 Å². The van der Waals surface area contributed by atoms with Crippen molar-refractivity contribution in [2.45, 2.75) is 19.4 Å². The molecule has 3 nitrogen and oxygen atoms in total. The van der Waals surface area contributed by atoms with Crippen molar-refractivity contribution in [3.63, 3.8) is 0 Å². The summed E-state index contributed by atoms with van der Waals surface area (Å²) in [6.07, 6.45) is 0. The maximum Gasteiger partial charge on any atom is 0.257 e. The zero-order valence-corrected chi connectivity index (χ0v) is 10.1. The second-order valence-electron chi connectivity index (χ2n) is 4.62. The lowest BCUT2D eigenvalue weighted by Crippen LogP contribution is -2.45. The van der Waals surface area contributed by atoms with Crippen LogP contribution in [0.15, 0.2) is 0 Å². The highest BCUT2D eigenvalue weighted by Crippen LogP contribution is 2.22. The maximum atomic E-state index is 13.3. The molecule has 0 heterocycles. The van der Waals surface area contributed by atoms with E-state index in [0.29, 0.717) is 0 Å². The first kappa shape index (κ1) is 15.4. The minimum Gasteiger partial charge on any atom is -0.350 e. The number of hydrogen-bond acceptors (Lipinski definition) is 2. The Hall–Kier alpha value is -1.70. The van der Waals surface area contributed by atoms with Crippen molar-refractivity contribution < 1.29 is 26.7 Å². The van der Waals surface area contributed by atoms with Crippen LogP contribution in [0.3, 0.4) is 0 Å². The SMILES string of the molecule is CC(C)(N)CNC(=O)c1c(F)c(F)c(F)c(F)c1F.